The first-order valence-electron chi connectivity index (χ1n) is 24.8. The zero-order valence-corrected chi connectivity index (χ0v) is 41.9. The quantitative estimate of drug-likeness (QED) is 0.0537. The van der Waals surface area contributed by atoms with E-state index in [0.29, 0.717) is 94.0 Å². The molecule has 8 atom stereocenters. The number of aromatic nitrogens is 1. The number of hydrogen-bond donors (Lipinski definition) is 4. The molecule has 1 aliphatic heterocycles. The van der Waals surface area contributed by atoms with Crippen LogP contribution in [0.2, 0.25) is 0 Å². The van der Waals surface area contributed by atoms with Gasteiger partial charge in [0, 0.05) is 31.8 Å². The SMILES string of the molecule is CC(C)C(C)NC(=O)COCCOCCOCCOCCCC[C@@H]1Cc2cc(O)ccc2C2CCC3(C)C(O)CCC3C21.CC1CCCN1C=O.Cc1ncsc1-c1ccc(CNC=O)cc1. The second-order valence-electron chi connectivity index (χ2n) is 19.6. The van der Waals surface area contributed by atoms with Crippen molar-refractivity contribution in [3.63, 3.8) is 0 Å². The van der Waals surface area contributed by atoms with Crippen LogP contribution in [0.25, 0.3) is 10.4 Å². The number of nitrogens with one attached hydrogen (secondary N) is 2. The number of ether oxygens (including phenoxy) is 4. The minimum atomic E-state index is -0.167. The molecule has 4 N–H and O–H groups in total. The summed E-state index contributed by atoms with van der Waals surface area (Å²) in [6.07, 6.45) is 12.5. The first kappa shape index (κ1) is 54.0. The van der Waals surface area contributed by atoms with E-state index in [1.54, 1.807) is 11.3 Å². The van der Waals surface area contributed by atoms with Gasteiger partial charge < -0.3 is 44.7 Å². The Morgan fingerprint density at radius 3 is 2.25 bits per heavy atom. The molecule has 3 fully saturated rings. The molecule has 67 heavy (non-hydrogen) atoms. The summed E-state index contributed by atoms with van der Waals surface area (Å²) in [6, 6.07) is 14.8. The minimum absolute atomic E-state index is 0.0542. The van der Waals surface area contributed by atoms with Gasteiger partial charge in [-0.2, -0.15) is 0 Å². The lowest BCUT2D eigenvalue weighted by atomic mass is 9.52. The molecule has 3 amide bonds. The Bertz CT molecular complexity index is 1930. The second-order valence-corrected chi connectivity index (χ2v) is 20.4. The third-order valence-corrected chi connectivity index (χ3v) is 15.8. The van der Waals surface area contributed by atoms with Gasteiger partial charge in [-0.25, -0.2) is 4.98 Å². The molecule has 2 aromatic carbocycles. The van der Waals surface area contributed by atoms with E-state index in [1.165, 1.54) is 40.8 Å². The van der Waals surface area contributed by atoms with Crippen LogP contribution in [0.15, 0.2) is 48.0 Å². The molecule has 2 saturated carbocycles. The number of carbonyl (C=O) groups excluding carboxylic acids is 3. The van der Waals surface area contributed by atoms with E-state index in [4.69, 9.17) is 18.9 Å². The maximum Gasteiger partial charge on any atom is 0.246 e. The Kier molecular flexibility index (Phi) is 22.5. The molecule has 7 rings (SSSR count). The fourth-order valence-electron chi connectivity index (χ4n) is 10.6. The summed E-state index contributed by atoms with van der Waals surface area (Å²) in [5.74, 6) is 3.02. The van der Waals surface area contributed by atoms with Gasteiger partial charge in [-0.15, -0.1) is 11.3 Å². The van der Waals surface area contributed by atoms with E-state index in [0.717, 1.165) is 75.8 Å². The van der Waals surface area contributed by atoms with Crippen LogP contribution in [-0.4, -0.2) is 116 Å². The van der Waals surface area contributed by atoms with E-state index in [-0.39, 0.29) is 30.1 Å². The third-order valence-electron chi connectivity index (χ3n) is 14.8. The van der Waals surface area contributed by atoms with E-state index >= 15 is 0 Å². The number of aryl methyl sites for hydroxylation is 1. The molecule has 1 saturated heterocycles. The Balaban J connectivity index is 0.000000282. The Morgan fingerprint density at radius 2 is 1.64 bits per heavy atom. The molecule has 4 aliphatic rings. The monoisotopic (exact) mass is 949 g/mol. The number of carbonyl (C=O) groups is 3. The predicted molar refractivity (Wildman–Crippen MR) is 264 cm³/mol. The van der Waals surface area contributed by atoms with E-state index in [2.05, 4.69) is 61.5 Å². The number of fused-ring (bicyclic) bond motifs is 5. The Morgan fingerprint density at radius 1 is 0.940 bits per heavy atom. The average molecular weight is 949 g/mol. The van der Waals surface area contributed by atoms with E-state index in [1.807, 2.05) is 48.5 Å². The molecular formula is C53H80N4O9S. The topological polar surface area (TPSA) is 169 Å². The number of amides is 3. The zero-order chi connectivity index (χ0) is 48.2. The number of benzene rings is 2. The van der Waals surface area contributed by atoms with Gasteiger partial charge in [0.2, 0.25) is 18.7 Å². The highest BCUT2D eigenvalue weighted by atomic mass is 32.1. The summed E-state index contributed by atoms with van der Waals surface area (Å²) < 4.78 is 22.3. The zero-order valence-electron chi connectivity index (χ0n) is 41.1. The molecule has 14 heteroatoms. The first-order chi connectivity index (χ1) is 32.4. The van der Waals surface area contributed by atoms with E-state index < -0.39 is 0 Å². The van der Waals surface area contributed by atoms with Gasteiger partial charge in [-0.3, -0.25) is 14.4 Å². The highest BCUT2D eigenvalue weighted by Crippen LogP contribution is 2.62. The van der Waals surface area contributed by atoms with Crippen LogP contribution >= 0.6 is 11.3 Å². The van der Waals surface area contributed by atoms with Gasteiger partial charge in [0.05, 0.1) is 61.8 Å². The predicted octanol–water partition coefficient (Wildman–Crippen LogP) is 8.22. The molecule has 13 nitrogen and oxygen atoms in total. The number of unbranched alkanes of at least 4 members (excludes halogenated alkanes) is 1. The van der Waals surface area contributed by atoms with Crippen molar-refractivity contribution in [3.8, 4) is 16.2 Å². The Hall–Kier alpha value is -3.92. The van der Waals surface area contributed by atoms with Crippen LogP contribution in [0.4, 0.5) is 0 Å². The summed E-state index contributed by atoms with van der Waals surface area (Å²) in [5, 5.41) is 26.6. The number of phenolic OH excluding ortho intramolecular Hbond substituents is 1. The van der Waals surface area contributed by atoms with Crippen LogP contribution in [-0.2, 0) is 46.3 Å². The number of likely N-dealkylation sites (tertiary alicyclic amines) is 1. The molecule has 372 valence electrons. The third kappa shape index (κ3) is 16.1. The number of aliphatic hydroxyl groups excluding tert-OH is 1. The lowest BCUT2D eigenvalue weighted by Crippen LogP contribution is -2.47. The van der Waals surface area contributed by atoms with Crippen molar-refractivity contribution in [2.24, 2.45) is 29.1 Å². The fraction of sp³-hybridized carbons (Fsp3) is 0.660. The fourth-order valence-corrected chi connectivity index (χ4v) is 11.4. The Labute approximate surface area is 404 Å². The highest BCUT2D eigenvalue weighted by molar-refractivity contribution is 7.13. The van der Waals surface area contributed by atoms with Gasteiger partial charge in [-0.1, -0.05) is 57.5 Å². The molecule has 1 aromatic heterocycles. The first-order valence-corrected chi connectivity index (χ1v) is 25.7. The van der Waals surface area contributed by atoms with Gasteiger partial charge >= 0.3 is 0 Å². The molecule has 3 aliphatic carbocycles. The van der Waals surface area contributed by atoms with Crippen LogP contribution in [0.1, 0.15) is 121 Å². The van der Waals surface area contributed by atoms with Crippen molar-refractivity contribution in [2.75, 3.05) is 59.4 Å². The van der Waals surface area contributed by atoms with Crippen LogP contribution in [0.5, 0.6) is 5.75 Å². The minimum Gasteiger partial charge on any atom is -0.508 e. The normalized spacial score (nSPS) is 24.3. The molecular weight excluding hydrogens is 869 g/mol. The maximum atomic E-state index is 11.8. The number of thiazole rings is 1. The molecule has 3 aromatic rings. The van der Waals surface area contributed by atoms with Gasteiger partial charge in [-0.05, 0) is 148 Å². The standard InChI is InChI=1S/C35H57NO7.C12H12N2OS.C6H11NO/c1-24(2)25(3)36-33(39)23-43-20-19-42-18-17-41-16-15-40-14-6-5-7-26-21-27-22-28(37)8-9-29(27)30-12-13-35(4)31(34(26)30)10-11-32(35)38;1-9-12(16-8-14-9)11-4-2-10(3-5-11)6-13-7-15;1-6-3-2-4-7(6)5-8/h8-9,22,24-26,30-32,34,37-38H,5-7,10-21,23H2,1-4H3,(H,36,39);2-5,7-8H,6H2,1H3,(H,13,15);5-6H,2-4H2,1H3/t25?,26-,30?,31?,32?,34?,35?;;/m1../s1. The van der Waals surface area contributed by atoms with Crippen molar-refractivity contribution >= 4 is 30.1 Å². The molecule has 0 radical (unpaired) electrons. The van der Waals surface area contributed by atoms with Gasteiger partial charge in [0.25, 0.3) is 0 Å². The average Bonchev–Trinajstić information content (AvgIpc) is 4.04. The van der Waals surface area contributed by atoms with Crippen molar-refractivity contribution in [1.82, 2.24) is 20.5 Å². The van der Waals surface area contributed by atoms with Crippen LogP contribution < -0.4 is 10.6 Å². The number of nitrogens with zero attached hydrogens (tertiary/aromatic N) is 2. The van der Waals surface area contributed by atoms with Crippen molar-refractivity contribution in [3.05, 3.63) is 70.4 Å². The lowest BCUT2D eigenvalue weighted by molar-refractivity contribution is -0.127. The molecule has 0 spiro atoms. The van der Waals surface area contributed by atoms with Crippen LogP contribution in [0, 0.1) is 36.0 Å². The number of hydrogen-bond acceptors (Lipinski definition) is 11. The number of phenols is 1. The summed E-state index contributed by atoms with van der Waals surface area (Å²) in [7, 11) is 0. The molecule has 2 heterocycles. The van der Waals surface area contributed by atoms with Gasteiger partial charge in [0.1, 0.15) is 12.4 Å². The number of rotatable bonds is 23. The summed E-state index contributed by atoms with van der Waals surface area (Å²) >= 11 is 1.64. The summed E-state index contributed by atoms with van der Waals surface area (Å²) in [4.78, 5) is 39.4. The largest absolute Gasteiger partial charge is 0.508 e. The summed E-state index contributed by atoms with van der Waals surface area (Å²) in [5.41, 5.74) is 8.02. The van der Waals surface area contributed by atoms with Gasteiger partial charge in [0.15, 0.2) is 0 Å². The molecule has 7 unspecified atom stereocenters. The van der Waals surface area contributed by atoms with Crippen LogP contribution in [0.3, 0.4) is 0 Å². The van der Waals surface area contributed by atoms with Crippen molar-refractivity contribution in [1.29, 1.82) is 0 Å². The van der Waals surface area contributed by atoms with Crippen molar-refractivity contribution < 1.29 is 43.5 Å². The highest BCUT2D eigenvalue weighted by Gasteiger charge is 2.56. The molecule has 0 bridgehead atoms. The van der Waals surface area contributed by atoms with E-state index in [9.17, 15) is 24.6 Å². The van der Waals surface area contributed by atoms with Crippen molar-refractivity contribution in [2.45, 2.75) is 136 Å². The number of aliphatic hydroxyl groups is 1. The maximum absolute atomic E-state index is 11.8. The lowest BCUT2D eigenvalue weighted by Gasteiger charge is -2.53. The number of aromatic hydroxyl groups is 1. The smallest absolute Gasteiger partial charge is 0.246 e. The summed E-state index contributed by atoms with van der Waals surface area (Å²) in [6.45, 7) is 17.8. The second kappa shape index (κ2) is 27.9.